The molecule has 0 unspecified atom stereocenters. The molecule has 1 aliphatic heterocycles. The summed E-state index contributed by atoms with van der Waals surface area (Å²) in [7, 11) is 1.44. The summed E-state index contributed by atoms with van der Waals surface area (Å²) in [6.45, 7) is 7.98. The lowest BCUT2D eigenvalue weighted by molar-refractivity contribution is -0.122. The Bertz CT molecular complexity index is 1670. The fraction of sp³-hybridized carbons (Fsp3) is 0.273. The van der Waals surface area contributed by atoms with Gasteiger partial charge >= 0.3 is 6.03 Å². The number of ether oxygens (including phenoxy) is 4. The highest BCUT2D eigenvalue weighted by Crippen LogP contribution is 2.38. The Morgan fingerprint density at radius 3 is 2.40 bits per heavy atom. The lowest BCUT2D eigenvalue weighted by Gasteiger charge is -2.27. The van der Waals surface area contributed by atoms with Crippen LogP contribution in [0.1, 0.15) is 37.0 Å². The fourth-order valence-corrected chi connectivity index (χ4v) is 4.69. The van der Waals surface area contributed by atoms with Gasteiger partial charge in [0.1, 0.15) is 5.57 Å². The van der Waals surface area contributed by atoms with Crippen LogP contribution in [-0.2, 0) is 14.4 Å². The van der Waals surface area contributed by atoms with E-state index in [1.807, 2.05) is 32.9 Å². The molecule has 11 nitrogen and oxygen atoms in total. The van der Waals surface area contributed by atoms with Crippen molar-refractivity contribution in [2.24, 2.45) is 0 Å². The second-order valence-corrected chi connectivity index (χ2v) is 10.4. The molecule has 0 atom stereocenters. The number of halogens is 1. The monoisotopic (exact) mass is 635 g/mol. The van der Waals surface area contributed by atoms with Gasteiger partial charge in [-0.05, 0) is 86.4 Å². The average Bonchev–Trinajstić information content (AvgIpc) is 3.00. The number of amides is 5. The number of imide groups is 2. The molecular formula is C33H34ClN3O8. The molecule has 5 amide bonds. The Balaban J connectivity index is 1.58. The van der Waals surface area contributed by atoms with Gasteiger partial charge in [0.15, 0.2) is 29.6 Å². The summed E-state index contributed by atoms with van der Waals surface area (Å²) >= 11 is 6.53. The SMILES string of the molecule is CCCOc1ccc(N2C(=O)NC(=O)/C(=C/c3cc(Cl)c(OCC(=O)Nc4ccc(C)c(C)c4)c(OCC)c3)C2=O)cc1OC. The van der Waals surface area contributed by atoms with Crippen molar-refractivity contribution in [3.05, 3.63) is 75.8 Å². The van der Waals surface area contributed by atoms with E-state index in [-0.39, 0.29) is 41.0 Å². The molecule has 2 N–H and O–H groups in total. The predicted molar refractivity (Wildman–Crippen MR) is 170 cm³/mol. The van der Waals surface area contributed by atoms with Crippen LogP contribution in [0.2, 0.25) is 5.02 Å². The summed E-state index contributed by atoms with van der Waals surface area (Å²) in [5.41, 5.74) is 2.95. The first-order valence-electron chi connectivity index (χ1n) is 14.2. The van der Waals surface area contributed by atoms with E-state index >= 15 is 0 Å². The van der Waals surface area contributed by atoms with Gasteiger partial charge in [-0.3, -0.25) is 19.7 Å². The number of hydrogen-bond acceptors (Lipinski definition) is 8. The zero-order chi connectivity index (χ0) is 32.7. The van der Waals surface area contributed by atoms with Gasteiger partial charge < -0.3 is 24.3 Å². The average molecular weight is 636 g/mol. The van der Waals surface area contributed by atoms with Crippen molar-refractivity contribution >= 4 is 52.8 Å². The van der Waals surface area contributed by atoms with Gasteiger partial charge in [0, 0.05) is 11.8 Å². The molecule has 236 valence electrons. The Kier molecular flexibility index (Phi) is 10.7. The highest BCUT2D eigenvalue weighted by Gasteiger charge is 2.37. The third-order valence-electron chi connectivity index (χ3n) is 6.75. The number of methoxy groups -OCH3 is 1. The number of hydrogen-bond donors (Lipinski definition) is 2. The van der Waals surface area contributed by atoms with Crippen LogP contribution in [0.3, 0.4) is 0 Å². The quantitative estimate of drug-likeness (QED) is 0.187. The van der Waals surface area contributed by atoms with Crippen LogP contribution in [0, 0.1) is 13.8 Å². The molecule has 0 spiro atoms. The van der Waals surface area contributed by atoms with Gasteiger partial charge in [0.25, 0.3) is 17.7 Å². The molecule has 0 aromatic heterocycles. The minimum absolute atomic E-state index is 0.0794. The number of barbiturate groups is 1. The highest BCUT2D eigenvalue weighted by atomic mass is 35.5. The van der Waals surface area contributed by atoms with Gasteiger partial charge in [-0.2, -0.15) is 0 Å². The first kappa shape index (κ1) is 32.9. The molecule has 0 saturated carbocycles. The Hall–Kier alpha value is -5.03. The maximum Gasteiger partial charge on any atom is 0.335 e. The number of benzene rings is 3. The molecule has 12 heteroatoms. The van der Waals surface area contributed by atoms with Crippen LogP contribution in [0.4, 0.5) is 16.2 Å². The number of nitrogens with zero attached hydrogens (tertiary/aromatic N) is 1. The minimum atomic E-state index is -0.915. The van der Waals surface area contributed by atoms with Crippen molar-refractivity contribution in [2.45, 2.75) is 34.1 Å². The number of nitrogens with one attached hydrogen (secondary N) is 2. The standard InChI is InChI=1S/C33H34ClN3O8/c1-6-12-44-26-11-10-23(17-27(26)42-5)37-32(40)24(31(39)36-33(37)41)14-21-15-25(34)30(28(16-21)43-7-2)45-18-29(38)35-22-9-8-19(3)20(4)13-22/h8-11,13-17H,6-7,12,18H2,1-5H3,(H,35,38)(H,36,39,41)/b24-14-. The van der Waals surface area contributed by atoms with Crippen molar-refractivity contribution in [3.8, 4) is 23.0 Å². The van der Waals surface area contributed by atoms with Gasteiger partial charge in [0.2, 0.25) is 0 Å². The van der Waals surface area contributed by atoms with Crippen LogP contribution < -0.4 is 34.5 Å². The molecule has 1 aliphatic rings. The first-order chi connectivity index (χ1) is 21.6. The number of carbonyl (C=O) groups excluding carboxylic acids is 4. The van der Waals surface area contributed by atoms with Crippen molar-refractivity contribution in [1.29, 1.82) is 0 Å². The maximum absolute atomic E-state index is 13.5. The molecule has 0 bridgehead atoms. The van der Waals surface area contributed by atoms with Crippen molar-refractivity contribution in [1.82, 2.24) is 5.32 Å². The number of aryl methyl sites for hydroxylation is 2. The van der Waals surface area contributed by atoms with Crippen molar-refractivity contribution in [3.63, 3.8) is 0 Å². The number of anilines is 2. The topological polar surface area (TPSA) is 132 Å². The summed E-state index contributed by atoms with van der Waals surface area (Å²) in [6.07, 6.45) is 2.07. The molecule has 4 rings (SSSR count). The second-order valence-electron chi connectivity index (χ2n) is 10.0. The van der Waals surface area contributed by atoms with E-state index in [1.165, 1.54) is 37.5 Å². The summed E-state index contributed by atoms with van der Waals surface area (Å²) in [5, 5.41) is 5.05. The van der Waals surface area contributed by atoms with Gasteiger partial charge in [-0.15, -0.1) is 0 Å². The summed E-state index contributed by atoms with van der Waals surface area (Å²) in [4.78, 5) is 52.5. The van der Waals surface area contributed by atoms with Crippen molar-refractivity contribution in [2.75, 3.05) is 37.1 Å². The Labute approximate surface area is 266 Å². The van der Waals surface area contributed by atoms with Crippen LogP contribution in [0.15, 0.2) is 54.1 Å². The van der Waals surface area contributed by atoms with E-state index in [9.17, 15) is 19.2 Å². The van der Waals surface area contributed by atoms with Gasteiger partial charge in [-0.1, -0.05) is 24.6 Å². The maximum atomic E-state index is 13.5. The summed E-state index contributed by atoms with van der Waals surface area (Å²) in [6, 6.07) is 12.2. The fourth-order valence-electron chi connectivity index (χ4n) is 4.41. The van der Waals surface area contributed by atoms with E-state index in [0.29, 0.717) is 29.4 Å². The van der Waals surface area contributed by atoms with E-state index in [2.05, 4.69) is 10.6 Å². The van der Waals surface area contributed by atoms with Crippen LogP contribution in [-0.4, -0.2) is 50.7 Å². The van der Waals surface area contributed by atoms with Gasteiger partial charge in [0.05, 0.1) is 31.0 Å². The number of rotatable bonds is 12. The van der Waals surface area contributed by atoms with Crippen LogP contribution >= 0.6 is 11.6 Å². The van der Waals surface area contributed by atoms with E-state index in [0.717, 1.165) is 22.4 Å². The van der Waals surface area contributed by atoms with Crippen molar-refractivity contribution < 1.29 is 38.1 Å². The highest BCUT2D eigenvalue weighted by molar-refractivity contribution is 6.39. The zero-order valence-electron chi connectivity index (χ0n) is 25.6. The molecular weight excluding hydrogens is 602 g/mol. The smallest absolute Gasteiger partial charge is 0.335 e. The van der Waals surface area contributed by atoms with Crippen LogP contribution in [0.25, 0.3) is 6.08 Å². The van der Waals surface area contributed by atoms with E-state index < -0.39 is 23.8 Å². The molecule has 45 heavy (non-hydrogen) atoms. The molecule has 3 aromatic carbocycles. The molecule has 0 aliphatic carbocycles. The van der Waals surface area contributed by atoms with Crippen LogP contribution in [0.5, 0.6) is 23.0 Å². The second kappa shape index (κ2) is 14.6. The zero-order valence-corrected chi connectivity index (χ0v) is 26.4. The van der Waals surface area contributed by atoms with E-state index in [1.54, 1.807) is 19.1 Å². The third kappa shape index (κ3) is 7.74. The molecule has 0 radical (unpaired) electrons. The van der Waals surface area contributed by atoms with E-state index in [4.69, 9.17) is 30.5 Å². The largest absolute Gasteiger partial charge is 0.493 e. The minimum Gasteiger partial charge on any atom is -0.493 e. The Morgan fingerprint density at radius 2 is 1.71 bits per heavy atom. The molecule has 1 saturated heterocycles. The lowest BCUT2D eigenvalue weighted by atomic mass is 10.1. The summed E-state index contributed by atoms with van der Waals surface area (Å²) < 4.78 is 22.5. The number of urea groups is 1. The molecule has 1 fully saturated rings. The number of carbonyl (C=O) groups is 4. The predicted octanol–water partition coefficient (Wildman–Crippen LogP) is 5.84. The Morgan fingerprint density at radius 1 is 0.933 bits per heavy atom. The third-order valence-corrected chi connectivity index (χ3v) is 7.03. The summed E-state index contributed by atoms with van der Waals surface area (Å²) in [5.74, 6) is -1.07. The first-order valence-corrected chi connectivity index (χ1v) is 14.6. The molecule has 3 aromatic rings. The lowest BCUT2D eigenvalue weighted by Crippen LogP contribution is -2.54. The normalized spacial score (nSPS) is 13.9. The van der Waals surface area contributed by atoms with Gasteiger partial charge in [-0.25, -0.2) is 9.69 Å². The molecule has 1 heterocycles.